The number of rotatable bonds is 4. The molecule has 0 N–H and O–H groups in total. The van der Waals surface area contributed by atoms with Gasteiger partial charge in [0.15, 0.2) is 11.6 Å². The monoisotopic (exact) mass is 613 g/mol. The van der Waals surface area contributed by atoms with E-state index in [0.717, 1.165) is 60.4 Å². The van der Waals surface area contributed by atoms with Crippen molar-refractivity contribution >= 4 is 54.4 Å². The third-order valence-electron chi connectivity index (χ3n) is 9.35. The minimum absolute atomic E-state index is 0.585. The first-order valence-corrected chi connectivity index (χ1v) is 16.1. The van der Waals surface area contributed by atoms with Crippen molar-refractivity contribution in [1.29, 1.82) is 0 Å². The largest absolute Gasteiger partial charge is 0.309 e. The molecule has 0 aliphatic heterocycles. The van der Waals surface area contributed by atoms with Crippen molar-refractivity contribution in [3.8, 4) is 34.4 Å². The number of benzene rings is 7. The molecule has 0 spiro atoms. The summed E-state index contributed by atoms with van der Waals surface area (Å²) in [6.45, 7) is 0. The molecular weight excluding hydrogens is 587 g/mol. The van der Waals surface area contributed by atoms with Crippen LogP contribution < -0.4 is 0 Å². The van der Waals surface area contributed by atoms with Crippen molar-refractivity contribution in [2.24, 2.45) is 0 Å². The third-order valence-corrected chi connectivity index (χ3v) is 9.35. The Labute approximate surface area is 276 Å². The maximum absolute atomic E-state index is 5.26. The van der Waals surface area contributed by atoms with Crippen LogP contribution in [0, 0.1) is 0 Å². The number of aromatic nitrogens is 5. The van der Waals surface area contributed by atoms with Gasteiger partial charge in [-0.2, -0.15) is 9.97 Å². The molecule has 0 atom stereocenters. The summed E-state index contributed by atoms with van der Waals surface area (Å²) in [5, 5.41) is 6.97. The molecule has 7 aromatic carbocycles. The average Bonchev–Trinajstić information content (AvgIpc) is 3.68. The highest BCUT2D eigenvalue weighted by Crippen LogP contribution is 2.41. The zero-order valence-electron chi connectivity index (χ0n) is 25.8. The minimum Gasteiger partial charge on any atom is -0.309 e. The fourth-order valence-electron chi connectivity index (χ4n) is 7.21. The van der Waals surface area contributed by atoms with Crippen molar-refractivity contribution in [2.45, 2.75) is 0 Å². The molecule has 0 bridgehead atoms. The first kappa shape index (κ1) is 26.6. The fourth-order valence-corrected chi connectivity index (χ4v) is 7.21. The van der Waals surface area contributed by atoms with Crippen LogP contribution >= 0.6 is 0 Å². The molecule has 0 fully saturated rings. The van der Waals surface area contributed by atoms with E-state index in [1.165, 1.54) is 10.8 Å². The molecule has 0 radical (unpaired) electrons. The van der Waals surface area contributed by atoms with Crippen LogP contribution in [0.2, 0.25) is 0 Å². The van der Waals surface area contributed by atoms with Gasteiger partial charge in [-0.15, -0.1) is 0 Å². The second-order valence-corrected chi connectivity index (χ2v) is 12.1. The predicted molar refractivity (Wildman–Crippen MR) is 197 cm³/mol. The van der Waals surface area contributed by atoms with E-state index in [2.05, 4.69) is 155 Å². The van der Waals surface area contributed by atoms with Crippen LogP contribution in [-0.4, -0.2) is 24.1 Å². The standard InChI is InChI=1S/C43H27N5/c1-3-14-29(15-4-1)41-44-42(31-24-23-28-13-7-8-16-30(28)27-31)46-43(45-41)48-36-21-11-9-19-33(36)34-25-26-38-39(40(34)48)35-20-10-12-22-37(35)47(38)32-17-5-2-6-18-32/h1-27H. The van der Waals surface area contributed by atoms with E-state index in [0.29, 0.717) is 17.6 Å². The molecule has 10 aromatic rings. The Bertz CT molecular complexity index is 2830. The maximum atomic E-state index is 5.26. The molecule has 5 nitrogen and oxygen atoms in total. The van der Waals surface area contributed by atoms with Crippen LogP contribution in [-0.2, 0) is 0 Å². The summed E-state index contributed by atoms with van der Waals surface area (Å²) >= 11 is 0. The van der Waals surface area contributed by atoms with Gasteiger partial charge in [-0.3, -0.25) is 4.57 Å². The summed E-state index contributed by atoms with van der Waals surface area (Å²) in [5.74, 6) is 1.85. The number of nitrogens with zero attached hydrogens (tertiary/aromatic N) is 5. The van der Waals surface area contributed by atoms with Crippen molar-refractivity contribution < 1.29 is 0 Å². The molecule has 0 aliphatic carbocycles. The van der Waals surface area contributed by atoms with Crippen LogP contribution in [0.5, 0.6) is 0 Å². The van der Waals surface area contributed by atoms with Crippen LogP contribution in [0.3, 0.4) is 0 Å². The summed E-state index contributed by atoms with van der Waals surface area (Å²) in [7, 11) is 0. The van der Waals surface area contributed by atoms with E-state index < -0.39 is 0 Å². The van der Waals surface area contributed by atoms with E-state index >= 15 is 0 Å². The molecule has 3 aromatic heterocycles. The molecule has 0 saturated heterocycles. The summed E-state index contributed by atoms with van der Waals surface area (Å²) in [4.78, 5) is 15.6. The highest BCUT2D eigenvalue weighted by atomic mass is 15.2. The summed E-state index contributed by atoms with van der Waals surface area (Å²) in [6, 6.07) is 57.3. The highest BCUT2D eigenvalue weighted by molar-refractivity contribution is 6.26. The molecule has 48 heavy (non-hydrogen) atoms. The van der Waals surface area contributed by atoms with Gasteiger partial charge < -0.3 is 4.57 Å². The lowest BCUT2D eigenvalue weighted by Gasteiger charge is -2.12. The van der Waals surface area contributed by atoms with Crippen LogP contribution in [0.25, 0.3) is 88.8 Å². The van der Waals surface area contributed by atoms with Gasteiger partial charge in [-0.25, -0.2) is 4.98 Å². The molecule has 224 valence electrons. The quantitative estimate of drug-likeness (QED) is 0.198. The lowest BCUT2D eigenvalue weighted by atomic mass is 10.1. The van der Waals surface area contributed by atoms with E-state index in [1.54, 1.807) is 0 Å². The van der Waals surface area contributed by atoms with Gasteiger partial charge in [0, 0.05) is 38.4 Å². The Morgan fingerprint density at radius 1 is 0.375 bits per heavy atom. The highest BCUT2D eigenvalue weighted by Gasteiger charge is 2.23. The van der Waals surface area contributed by atoms with Crippen molar-refractivity contribution in [2.75, 3.05) is 0 Å². The van der Waals surface area contributed by atoms with E-state index in [4.69, 9.17) is 15.0 Å². The zero-order valence-corrected chi connectivity index (χ0v) is 25.8. The van der Waals surface area contributed by atoms with E-state index in [9.17, 15) is 0 Å². The second-order valence-electron chi connectivity index (χ2n) is 12.1. The zero-order chi connectivity index (χ0) is 31.6. The molecule has 0 saturated carbocycles. The van der Waals surface area contributed by atoms with E-state index in [-0.39, 0.29) is 0 Å². The first-order chi connectivity index (χ1) is 23.8. The lowest BCUT2D eigenvalue weighted by molar-refractivity contribution is 0.955. The Balaban J connectivity index is 1.35. The molecule has 3 heterocycles. The topological polar surface area (TPSA) is 48.5 Å². The number of hydrogen-bond acceptors (Lipinski definition) is 3. The molecule has 10 rings (SSSR count). The number of fused-ring (bicyclic) bond motifs is 8. The van der Waals surface area contributed by atoms with Gasteiger partial charge in [-0.1, -0.05) is 127 Å². The Hall–Kier alpha value is -6.59. The summed E-state index contributed by atoms with van der Waals surface area (Å²) < 4.78 is 4.60. The fraction of sp³-hybridized carbons (Fsp3) is 0. The number of para-hydroxylation sites is 3. The Morgan fingerprint density at radius 2 is 1.00 bits per heavy atom. The van der Waals surface area contributed by atoms with Crippen molar-refractivity contribution in [3.05, 3.63) is 164 Å². The van der Waals surface area contributed by atoms with Gasteiger partial charge in [0.1, 0.15) is 0 Å². The van der Waals surface area contributed by atoms with E-state index in [1.807, 2.05) is 18.2 Å². The second kappa shape index (κ2) is 10.5. The maximum Gasteiger partial charge on any atom is 0.238 e. The van der Waals surface area contributed by atoms with Crippen LogP contribution in [0.4, 0.5) is 0 Å². The molecular formula is C43H27N5. The first-order valence-electron chi connectivity index (χ1n) is 16.1. The van der Waals surface area contributed by atoms with Crippen LogP contribution in [0.15, 0.2) is 164 Å². The van der Waals surface area contributed by atoms with Gasteiger partial charge in [-0.05, 0) is 47.2 Å². The Morgan fingerprint density at radius 3 is 1.79 bits per heavy atom. The van der Waals surface area contributed by atoms with Gasteiger partial charge in [0.25, 0.3) is 0 Å². The Kier molecular flexibility index (Phi) is 5.81. The number of hydrogen-bond donors (Lipinski definition) is 0. The smallest absolute Gasteiger partial charge is 0.238 e. The normalized spacial score (nSPS) is 11.8. The molecule has 0 unspecified atom stereocenters. The lowest BCUT2D eigenvalue weighted by Crippen LogP contribution is -2.06. The molecule has 0 amide bonds. The van der Waals surface area contributed by atoms with Crippen LogP contribution in [0.1, 0.15) is 0 Å². The van der Waals surface area contributed by atoms with Crippen molar-refractivity contribution in [1.82, 2.24) is 24.1 Å². The molecule has 5 heteroatoms. The van der Waals surface area contributed by atoms with Crippen molar-refractivity contribution in [3.63, 3.8) is 0 Å². The summed E-state index contributed by atoms with van der Waals surface area (Å²) in [6.07, 6.45) is 0. The minimum atomic E-state index is 0.585. The average molecular weight is 614 g/mol. The van der Waals surface area contributed by atoms with Gasteiger partial charge >= 0.3 is 0 Å². The summed E-state index contributed by atoms with van der Waals surface area (Å²) in [5.41, 5.74) is 7.42. The third kappa shape index (κ3) is 4.01. The SMILES string of the molecule is c1ccc(-c2nc(-c3ccc4ccccc4c3)nc(-n3c4ccccc4c4ccc5c(c6ccccc6n5-c5ccccc5)c43)n2)cc1. The van der Waals surface area contributed by atoms with Gasteiger partial charge in [0.2, 0.25) is 5.95 Å². The van der Waals surface area contributed by atoms with Gasteiger partial charge in [0.05, 0.1) is 22.1 Å². The predicted octanol–water partition coefficient (Wildman–Crippen LogP) is 10.6. The molecule has 0 aliphatic rings.